The van der Waals surface area contributed by atoms with Crippen LogP contribution in [0.1, 0.15) is 27.2 Å². The number of hydrogen-bond donors (Lipinski definition) is 3. The smallest absolute Gasteiger partial charge is 0.206 e. The zero-order valence-electron chi connectivity index (χ0n) is 10.2. The highest BCUT2D eigenvalue weighted by molar-refractivity contribution is 5.79. The molecule has 1 atom stereocenters. The Kier molecular flexibility index (Phi) is 8.04. The largest absolute Gasteiger partial charge is 0.383 e. The lowest BCUT2D eigenvalue weighted by Crippen LogP contribution is -2.46. The quantitative estimate of drug-likeness (QED) is 0.261. The minimum atomic E-state index is 0.198. The van der Waals surface area contributed by atoms with Crippen molar-refractivity contribution in [2.45, 2.75) is 33.2 Å². The molecule has 0 fully saturated rings. The molecule has 0 spiro atoms. The summed E-state index contributed by atoms with van der Waals surface area (Å²) in [5.41, 5.74) is 2.55. The van der Waals surface area contributed by atoms with Gasteiger partial charge in [-0.15, -0.1) is 0 Å². The number of rotatable bonds is 6. The molecule has 0 aliphatic carbocycles. The molecule has 0 heterocycles. The van der Waals surface area contributed by atoms with Gasteiger partial charge in [-0.05, 0) is 19.3 Å². The van der Waals surface area contributed by atoms with Crippen molar-refractivity contribution in [3.63, 3.8) is 0 Å². The van der Waals surface area contributed by atoms with Crippen molar-refractivity contribution >= 4 is 5.96 Å². The molecule has 0 aliphatic heterocycles. The predicted octanol–water partition coefficient (Wildman–Crippen LogP) is 0.476. The standard InChI is InChI=1S/C10H24N4O/c1-8(2)5-6-12-10(14-11)13-9(3)7-15-4/h8-9H,5-7,11H2,1-4H3,(H2,12,13,14). The van der Waals surface area contributed by atoms with Crippen LogP contribution in [0.3, 0.4) is 0 Å². The van der Waals surface area contributed by atoms with Crippen LogP contribution in [0.25, 0.3) is 0 Å². The molecule has 0 amide bonds. The molecule has 0 aromatic rings. The number of nitrogens with zero attached hydrogens (tertiary/aromatic N) is 1. The monoisotopic (exact) mass is 216 g/mol. The number of aliphatic imine (C=N–C) groups is 1. The van der Waals surface area contributed by atoms with Gasteiger partial charge in [0.2, 0.25) is 5.96 Å². The molecule has 0 aromatic heterocycles. The van der Waals surface area contributed by atoms with E-state index in [9.17, 15) is 0 Å². The second-order valence-electron chi connectivity index (χ2n) is 4.06. The highest BCUT2D eigenvalue weighted by Crippen LogP contribution is 1.98. The van der Waals surface area contributed by atoms with Crippen LogP contribution in [0.5, 0.6) is 0 Å². The van der Waals surface area contributed by atoms with E-state index in [1.165, 1.54) is 0 Å². The maximum absolute atomic E-state index is 5.35. The minimum Gasteiger partial charge on any atom is -0.383 e. The van der Waals surface area contributed by atoms with Crippen molar-refractivity contribution in [1.82, 2.24) is 10.7 Å². The molecule has 0 saturated carbocycles. The van der Waals surface area contributed by atoms with E-state index in [1.807, 2.05) is 6.92 Å². The Morgan fingerprint density at radius 2 is 2.07 bits per heavy atom. The second kappa shape index (κ2) is 8.49. The summed E-state index contributed by atoms with van der Waals surface area (Å²) in [5, 5.41) is 3.13. The molecule has 0 aliphatic rings. The average Bonchev–Trinajstić information content (AvgIpc) is 2.16. The fraction of sp³-hybridized carbons (Fsp3) is 0.900. The molecule has 0 rings (SSSR count). The van der Waals surface area contributed by atoms with Gasteiger partial charge >= 0.3 is 0 Å². The summed E-state index contributed by atoms with van der Waals surface area (Å²) in [6, 6.07) is 0.198. The normalized spacial score (nSPS) is 14.1. The third-order valence-electron chi connectivity index (χ3n) is 1.91. The molecule has 0 radical (unpaired) electrons. The van der Waals surface area contributed by atoms with Crippen molar-refractivity contribution < 1.29 is 4.74 Å². The highest BCUT2D eigenvalue weighted by Gasteiger charge is 2.03. The molecule has 0 saturated heterocycles. The first-order valence-corrected chi connectivity index (χ1v) is 5.36. The predicted molar refractivity (Wildman–Crippen MR) is 63.6 cm³/mol. The first-order valence-electron chi connectivity index (χ1n) is 5.36. The van der Waals surface area contributed by atoms with Gasteiger partial charge in [-0.1, -0.05) is 13.8 Å². The Morgan fingerprint density at radius 3 is 2.53 bits per heavy atom. The van der Waals surface area contributed by atoms with E-state index in [1.54, 1.807) is 7.11 Å². The van der Waals surface area contributed by atoms with E-state index >= 15 is 0 Å². The maximum atomic E-state index is 5.35. The van der Waals surface area contributed by atoms with E-state index in [0.29, 0.717) is 18.5 Å². The fourth-order valence-corrected chi connectivity index (χ4v) is 1.09. The number of hydrazine groups is 1. The number of hydrogen-bond acceptors (Lipinski definition) is 3. The van der Waals surface area contributed by atoms with Crippen molar-refractivity contribution in [2.24, 2.45) is 16.8 Å². The summed E-state index contributed by atoms with van der Waals surface area (Å²) in [5.74, 6) is 6.63. The van der Waals surface area contributed by atoms with Gasteiger partial charge in [-0.3, -0.25) is 10.4 Å². The van der Waals surface area contributed by atoms with E-state index in [-0.39, 0.29) is 6.04 Å². The number of nitrogens with two attached hydrogens (primary N) is 1. The Bertz CT molecular complexity index is 182. The number of guanidine groups is 1. The van der Waals surface area contributed by atoms with Gasteiger partial charge in [0.05, 0.1) is 6.61 Å². The third kappa shape index (κ3) is 8.20. The van der Waals surface area contributed by atoms with Gasteiger partial charge in [0.15, 0.2) is 0 Å². The molecule has 5 nitrogen and oxygen atoms in total. The van der Waals surface area contributed by atoms with Crippen LogP contribution < -0.4 is 16.6 Å². The second-order valence-corrected chi connectivity index (χ2v) is 4.06. The summed E-state index contributed by atoms with van der Waals surface area (Å²) in [6.07, 6.45) is 1.06. The molecule has 90 valence electrons. The first kappa shape index (κ1) is 14.2. The fourth-order valence-electron chi connectivity index (χ4n) is 1.09. The SMILES string of the molecule is COCC(C)NC(=NCCC(C)C)NN. The molecule has 4 N–H and O–H groups in total. The van der Waals surface area contributed by atoms with Crippen molar-refractivity contribution in [3.8, 4) is 0 Å². The van der Waals surface area contributed by atoms with Gasteiger partial charge in [-0.25, -0.2) is 5.84 Å². The number of ether oxygens (including phenoxy) is 1. The molecule has 1 unspecified atom stereocenters. The van der Waals surface area contributed by atoms with Gasteiger partial charge < -0.3 is 10.1 Å². The minimum absolute atomic E-state index is 0.198. The Hall–Kier alpha value is -0.810. The Morgan fingerprint density at radius 1 is 1.40 bits per heavy atom. The summed E-state index contributed by atoms with van der Waals surface area (Å²) >= 11 is 0. The van der Waals surface area contributed by atoms with Crippen molar-refractivity contribution in [1.29, 1.82) is 0 Å². The van der Waals surface area contributed by atoms with Gasteiger partial charge in [0.25, 0.3) is 0 Å². The summed E-state index contributed by atoms with van der Waals surface area (Å²) < 4.78 is 5.01. The van der Waals surface area contributed by atoms with Crippen LogP contribution in [0.4, 0.5) is 0 Å². The van der Waals surface area contributed by atoms with Gasteiger partial charge in [0.1, 0.15) is 0 Å². The number of nitrogens with one attached hydrogen (secondary N) is 2. The van der Waals surface area contributed by atoms with Crippen molar-refractivity contribution in [2.75, 3.05) is 20.3 Å². The van der Waals surface area contributed by atoms with Crippen LogP contribution in [0.2, 0.25) is 0 Å². The van der Waals surface area contributed by atoms with E-state index in [0.717, 1.165) is 13.0 Å². The van der Waals surface area contributed by atoms with Crippen molar-refractivity contribution in [3.05, 3.63) is 0 Å². The maximum Gasteiger partial charge on any atom is 0.206 e. The topological polar surface area (TPSA) is 71.7 Å². The van der Waals surface area contributed by atoms with E-state index in [2.05, 4.69) is 29.6 Å². The van der Waals surface area contributed by atoms with Crippen LogP contribution in [0, 0.1) is 5.92 Å². The molecule has 5 heteroatoms. The Balaban J connectivity index is 3.89. The van der Waals surface area contributed by atoms with Gasteiger partial charge in [-0.2, -0.15) is 0 Å². The van der Waals surface area contributed by atoms with Crippen LogP contribution >= 0.6 is 0 Å². The van der Waals surface area contributed by atoms with Crippen LogP contribution in [-0.2, 0) is 4.74 Å². The summed E-state index contributed by atoms with van der Waals surface area (Å²) in [7, 11) is 1.67. The first-order chi connectivity index (χ1) is 7.10. The van der Waals surface area contributed by atoms with Gasteiger partial charge in [0, 0.05) is 19.7 Å². The molecular weight excluding hydrogens is 192 g/mol. The molecular formula is C10H24N4O. The third-order valence-corrected chi connectivity index (χ3v) is 1.91. The highest BCUT2D eigenvalue weighted by atomic mass is 16.5. The van der Waals surface area contributed by atoms with E-state index in [4.69, 9.17) is 10.6 Å². The average molecular weight is 216 g/mol. The lowest BCUT2D eigenvalue weighted by Gasteiger charge is -2.15. The molecule has 0 bridgehead atoms. The number of methoxy groups -OCH3 is 1. The lowest BCUT2D eigenvalue weighted by atomic mass is 10.1. The zero-order chi connectivity index (χ0) is 11.7. The van der Waals surface area contributed by atoms with E-state index < -0.39 is 0 Å². The zero-order valence-corrected chi connectivity index (χ0v) is 10.2. The Labute approximate surface area is 92.4 Å². The lowest BCUT2D eigenvalue weighted by molar-refractivity contribution is 0.179. The van der Waals surface area contributed by atoms with Crippen LogP contribution in [-0.4, -0.2) is 32.3 Å². The van der Waals surface area contributed by atoms with Crippen LogP contribution in [0.15, 0.2) is 4.99 Å². The summed E-state index contributed by atoms with van der Waals surface area (Å²) in [6.45, 7) is 7.77. The molecule has 15 heavy (non-hydrogen) atoms. The molecule has 0 aromatic carbocycles. The summed E-state index contributed by atoms with van der Waals surface area (Å²) in [4.78, 5) is 4.32.